The van der Waals surface area contributed by atoms with Crippen LogP contribution >= 0.6 is 11.6 Å². The Bertz CT molecular complexity index is 904. The predicted octanol–water partition coefficient (Wildman–Crippen LogP) is 3.75. The van der Waals surface area contributed by atoms with Crippen LogP contribution in [0.5, 0.6) is 5.75 Å². The summed E-state index contributed by atoms with van der Waals surface area (Å²) in [5.41, 5.74) is 1.22. The number of carbonyl (C=O) groups is 1. The van der Waals surface area contributed by atoms with E-state index in [4.69, 9.17) is 16.3 Å². The lowest BCUT2D eigenvalue weighted by atomic mass is 9.62. The Balaban J connectivity index is 1.30. The SMILES string of the molecule is Cc1ccc(Cl)c(OCC(=O)N2CC(c3nncn3C3CC3)C3(CCC3)C2)c1. The van der Waals surface area contributed by atoms with Gasteiger partial charge in [0.2, 0.25) is 0 Å². The fourth-order valence-electron chi connectivity index (χ4n) is 4.74. The van der Waals surface area contributed by atoms with Crippen LogP contribution in [0, 0.1) is 12.3 Å². The monoisotopic (exact) mass is 400 g/mol. The third-order valence-corrected chi connectivity index (χ3v) is 6.95. The number of ether oxygens (including phenoxy) is 1. The number of nitrogens with zero attached hydrogens (tertiary/aromatic N) is 4. The molecule has 1 amide bonds. The maximum Gasteiger partial charge on any atom is 0.260 e. The highest BCUT2D eigenvalue weighted by molar-refractivity contribution is 6.32. The van der Waals surface area contributed by atoms with Crippen LogP contribution in [0.3, 0.4) is 0 Å². The molecule has 0 bridgehead atoms. The molecule has 0 N–H and O–H groups in total. The molecule has 2 aliphatic carbocycles. The van der Waals surface area contributed by atoms with Gasteiger partial charge in [0.25, 0.3) is 5.91 Å². The molecule has 1 unspecified atom stereocenters. The summed E-state index contributed by atoms with van der Waals surface area (Å²) in [7, 11) is 0. The number of rotatable bonds is 5. The van der Waals surface area contributed by atoms with E-state index in [-0.39, 0.29) is 23.8 Å². The van der Waals surface area contributed by atoms with Gasteiger partial charge in [-0.1, -0.05) is 24.1 Å². The van der Waals surface area contributed by atoms with Crippen LogP contribution in [0.1, 0.15) is 55.5 Å². The number of amides is 1. The number of aromatic nitrogens is 3. The van der Waals surface area contributed by atoms with Crippen molar-refractivity contribution < 1.29 is 9.53 Å². The van der Waals surface area contributed by atoms with Crippen molar-refractivity contribution in [1.29, 1.82) is 0 Å². The molecule has 2 saturated carbocycles. The molecule has 2 heterocycles. The van der Waals surface area contributed by atoms with Crippen molar-refractivity contribution in [1.82, 2.24) is 19.7 Å². The van der Waals surface area contributed by atoms with Crippen molar-refractivity contribution in [3.05, 3.63) is 40.9 Å². The van der Waals surface area contributed by atoms with Gasteiger partial charge in [-0.3, -0.25) is 4.79 Å². The van der Waals surface area contributed by atoms with Crippen LogP contribution in [-0.2, 0) is 4.79 Å². The van der Waals surface area contributed by atoms with Gasteiger partial charge in [-0.15, -0.1) is 10.2 Å². The Morgan fingerprint density at radius 1 is 1.36 bits per heavy atom. The molecular weight excluding hydrogens is 376 g/mol. The van der Waals surface area contributed by atoms with E-state index in [0.717, 1.165) is 30.8 Å². The molecule has 2 aromatic rings. The van der Waals surface area contributed by atoms with Crippen LogP contribution < -0.4 is 4.74 Å². The van der Waals surface area contributed by atoms with Crippen molar-refractivity contribution in [2.45, 2.75) is 51.0 Å². The zero-order chi connectivity index (χ0) is 19.3. The van der Waals surface area contributed by atoms with Crippen molar-refractivity contribution in [2.75, 3.05) is 19.7 Å². The summed E-state index contributed by atoms with van der Waals surface area (Å²) in [6.07, 6.45) is 7.82. The highest BCUT2D eigenvalue weighted by Gasteiger charge is 2.54. The first-order valence-electron chi connectivity index (χ1n) is 10.1. The van der Waals surface area contributed by atoms with Gasteiger partial charge in [0.1, 0.15) is 17.9 Å². The number of likely N-dealkylation sites (tertiary alicyclic amines) is 1. The third kappa shape index (κ3) is 3.08. The van der Waals surface area contributed by atoms with Crippen molar-refractivity contribution in [3.8, 4) is 5.75 Å². The van der Waals surface area contributed by atoms with Gasteiger partial charge >= 0.3 is 0 Å². The van der Waals surface area contributed by atoms with Gasteiger partial charge in [-0.2, -0.15) is 0 Å². The average Bonchev–Trinajstić information content (AvgIpc) is 3.23. The molecule has 28 heavy (non-hydrogen) atoms. The quantitative estimate of drug-likeness (QED) is 0.766. The second-order valence-electron chi connectivity index (χ2n) is 8.59. The molecule has 1 spiro atoms. The zero-order valence-corrected chi connectivity index (χ0v) is 16.9. The second kappa shape index (κ2) is 6.76. The van der Waals surface area contributed by atoms with Crippen molar-refractivity contribution in [3.63, 3.8) is 0 Å². The van der Waals surface area contributed by atoms with Gasteiger partial charge in [0.05, 0.1) is 5.02 Å². The van der Waals surface area contributed by atoms with Crippen LogP contribution in [0.25, 0.3) is 0 Å². The Kier molecular flexibility index (Phi) is 4.34. The molecule has 1 aliphatic heterocycles. The Hall–Kier alpha value is -2.08. The van der Waals surface area contributed by atoms with Gasteiger partial charge < -0.3 is 14.2 Å². The van der Waals surface area contributed by atoms with Crippen LogP contribution in [0.2, 0.25) is 5.02 Å². The van der Waals surface area contributed by atoms with Crippen LogP contribution in [-0.4, -0.2) is 45.3 Å². The minimum atomic E-state index is 0.0152. The molecule has 5 rings (SSSR count). The van der Waals surface area contributed by atoms with E-state index >= 15 is 0 Å². The largest absolute Gasteiger partial charge is 0.482 e. The molecule has 1 aromatic carbocycles. The van der Waals surface area contributed by atoms with Crippen molar-refractivity contribution >= 4 is 17.5 Å². The number of hydrogen-bond acceptors (Lipinski definition) is 4. The zero-order valence-electron chi connectivity index (χ0n) is 16.1. The molecule has 0 radical (unpaired) electrons. The van der Waals surface area contributed by atoms with E-state index in [0.29, 0.717) is 23.4 Å². The topological polar surface area (TPSA) is 60.2 Å². The minimum absolute atomic E-state index is 0.0152. The molecule has 1 aromatic heterocycles. The van der Waals surface area contributed by atoms with E-state index in [1.807, 2.05) is 30.3 Å². The number of carbonyl (C=O) groups excluding carboxylic acids is 1. The highest BCUT2D eigenvalue weighted by atomic mass is 35.5. The summed E-state index contributed by atoms with van der Waals surface area (Å²) < 4.78 is 8.00. The van der Waals surface area contributed by atoms with Gasteiger partial charge in [-0.05, 0) is 55.7 Å². The summed E-state index contributed by atoms with van der Waals surface area (Å²) in [5, 5.41) is 9.19. The van der Waals surface area contributed by atoms with Crippen LogP contribution in [0.15, 0.2) is 24.5 Å². The van der Waals surface area contributed by atoms with Crippen LogP contribution in [0.4, 0.5) is 0 Å². The van der Waals surface area contributed by atoms with Gasteiger partial charge in [-0.25, -0.2) is 0 Å². The third-order valence-electron chi connectivity index (χ3n) is 6.64. The first-order valence-corrected chi connectivity index (χ1v) is 10.5. The summed E-state index contributed by atoms with van der Waals surface area (Å²) >= 11 is 6.19. The standard InChI is InChI=1S/C21H25ClN4O2/c1-14-3-6-17(22)18(9-14)28-11-19(27)25-10-16(21(12-25)7-2-8-21)20-24-23-13-26(20)15-4-5-15/h3,6,9,13,15-16H,2,4-5,7-8,10-12H2,1H3. The highest BCUT2D eigenvalue weighted by Crippen LogP contribution is 2.56. The van der Waals surface area contributed by atoms with E-state index in [1.54, 1.807) is 6.07 Å². The summed E-state index contributed by atoms with van der Waals surface area (Å²) in [5.74, 6) is 1.93. The summed E-state index contributed by atoms with van der Waals surface area (Å²) in [6.45, 7) is 3.49. The van der Waals surface area contributed by atoms with Crippen molar-refractivity contribution in [2.24, 2.45) is 5.41 Å². The average molecular weight is 401 g/mol. The van der Waals surface area contributed by atoms with E-state index in [1.165, 1.54) is 19.3 Å². The van der Waals surface area contributed by atoms with Gasteiger partial charge in [0, 0.05) is 25.0 Å². The molecule has 6 nitrogen and oxygen atoms in total. The minimum Gasteiger partial charge on any atom is -0.482 e. The Labute approximate surface area is 169 Å². The molecular formula is C21H25ClN4O2. The number of hydrogen-bond donors (Lipinski definition) is 0. The molecule has 7 heteroatoms. The lowest BCUT2D eigenvalue weighted by Crippen LogP contribution is -2.39. The Morgan fingerprint density at radius 2 is 2.18 bits per heavy atom. The first kappa shape index (κ1) is 18.0. The Morgan fingerprint density at radius 3 is 2.89 bits per heavy atom. The van der Waals surface area contributed by atoms with Gasteiger partial charge in [0.15, 0.2) is 6.61 Å². The maximum atomic E-state index is 12.9. The molecule has 1 saturated heterocycles. The normalized spacial score (nSPS) is 23.1. The molecule has 3 fully saturated rings. The first-order chi connectivity index (χ1) is 13.6. The number of aryl methyl sites for hydroxylation is 1. The number of halogens is 1. The smallest absolute Gasteiger partial charge is 0.260 e. The fourth-order valence-corrected chi connectivity index (χ4v) is 4.91. The fraction of sp³-hybridized carbons (Fsp3) is 0.571. The maximum absolute atomic E-state index is 12.9. The second-order valence-corrected chi connectivity index (χ2v) is 9.00. The number of benzene rings is 1. The van der Waals surface area contributed by atoms with E-state index < -0.39 is 0 Å². The molecule has 148 valence electrons. The van der Waals surface area contributed by atoms with E-state index in [9.17, 15) is 4.79 Å². The molecule has 1 atom stereocenters. The molecule has 3 aliphatic rings. The predicted molar refractivity (Wildman–Crippen MR) is 106 cm³/mol. The summed E-state index contributed by atoms with van der Waals surface area (Å²) in [6, 6.07) is 6.15. The lowest BCUT2D eigenvalue weighted by molar-refractivity contribution is -0.133. The van der Waals surface area contributed by atoms with E-state index in [2.05, 4.69) is 14.8 Å². The summed E-state index contributed by atoms with van der Waals surface area (Å²) in [4.78, 5) is 14.9. The lowest BCUT2D eigenvalue weighted by Gasteiger charge is -2.42.